The molecule has 1 aliphatic heterocycles. The predicted octanol–water partition coefficient (Wildman–Crippen LogP) is 2.73. The number of sulfonamides is 1. The van der Waals surface area contributed by atoms with Crippen LogP contribution in [0.1, 0.15) is 36.5 Å². The van der Waals surface area contributed by atoms with Crippen LogP contribution in [0.4, 0.5) is 0 Å². The maximum absolute atomic E-state index is 13.0. The molecule has 1 amide bonds. The largest absolute Gasteiger partial charge is 0.494 e. The number of carbonyl (C=O) groups excluding carboxylic acids is 2. The first-order chi connectivity index (χ1) is 19.3. The number of nitrogens with zero attached hydrogens (tertiary/aromatic N) is 4. The molecule has 1 N–H and O–H groups in total. The van der Waals surface area contributed by atoms with Gasteiger partial charge in [-0.1, -0.05) is 23.9 Å². The Bertz CT molecular complexity index is 1400. The van der Waals surface area contributed by atoms with Crippen LogP contribution in [-0.4, -0.2) is 84.4 Å². The average Bonchev–Trinajstić information content (AvgIpc) is 3.37. The highest BCUT2D eigenvalue weighted by molar-refractivity contribution is 7.99. The Hall–Kier alpha value is -3.26. The van der Waals surface area contributed by atoms with Gasteiger partial charge in [-0.05, 0) is 49.7 Å². The molecule has 1 aliphatic rings. The Morgan fingerprint density at radius 3 is 2.40 bits per heavy atom. The SMILES string of the molecule is CCOc1ccc(-n2c(CCCNC(C)=O)nnc2SCC(=O)c2ccc(S(=O)(=O)N3CCOCC3)cc2)cc1. The van der Waals surface area contributed by atoms with Crippen LogP contribution < -0.4 is 10.1 Å². The van der Waals surface area contributed by atoms with E-state index >= 15 is 0 Å². The van der Waals surface area contributed by atoms with Gasteiger partial charge >= 0.3 is 0 Å². The lowest BCUT2D eigenvalue weighted by Crippen LogP contribution is -2.40. The number of nitrogens with one attached hydrogen (secondary N) is 1. The van der Waals surface area contributed by atoms with Gasteiger partial charge in [0.2, 0.25) is 15.9 Å². The number of morpholine rings is 1. The molecule has 40 heavy (non-hydrogen) atoms. The Labute approximate surface area is 238 Å². The van der Waals surface area contributed by atoms with Crippen LogP contribution in [0.15, 0.2) is 58.6 Å². The standard InChI is InChI=1S/C27H33N5O6S2/c1-3-38-23-10-8-22(9-11-23)32-26(5-4-14-28-20(2)33)29-30-27(32)39-19-25(34)21-6-12-24(13-7-21)40(35,36)31-15-17-37-18-16-31/h6-13H,3-5,14-19H2,1-2H3,(H,28,33). The monoisotopic (exact) mass is 587 g/mol. The van der Waals surface area contributed by atoms with Crippen molar-refractivity contribution in [2.75, 3.05) is 45.2 Å². The molecule has 1 saturated heterocycles. The van der Waals surface area contributed by atoms with Crippen LogP contribution in [0.5, 0.6) is 5.75 Å². The molecule has 0 bridgehead atoms. The molecule has 2 aromatic carbocycles. The molecule has 1 fully saturated rings. The van der Waals surface area contributed by atoms with Crippen LogP contribution in [0.25, 0.3) is 5.69 Å². The molecule has 0 aliphatic carbocycles. The quantitative estimate of drug-likeness (QED) is 0.182. The first kappa shape index (κ1) is 29.7. The van der Waals surface area contributed by atoms with Crippen molar-refractivity contribution in [3.05, 3.63) is 59.9 Å². The molecule has 4 rings (SSSR count). The minimum absolute atomic E-state index is 0.0885. The molecule has 11 nitrogen and oxygen atoms in total. The minimum atomic E-state index is -3.63. The molecule has 0 radical (unpaired) electrons. The van der Waals surface area contributed by atoms with E-state index in [2.05, 4.69) is 15.5 Å². The third-order valence-corrected chi connectivity index (χ3v) is 9.02. The van der Waals surface area contributed by atoms with E-state index in [-0.39, 0.29) is 22.3 Å². The van der Waals surface area contributed by atoms with Crippen molar-refractivity contribution in [1.29, 1.82) is 0 Å². The van der Waals surface area contributed by atoms with Crippen molar-refractivity contribution in [2.24, 2.45) is 0 Å². The number of aryl methyl sites for hydroxylation is 1. The molecule has 0 unspecified atom stereocenters. The highest BCUT2D eigenvalue weighted by atomic mass is 32.2. The maximum Gasteiger partial charge on any atom is 0.243 e. The van der Waals surface area contributed by atoms with E-state index < -0.39 is 10.0 Å². The van der Waals surface area contributed by atoms with Crippen molar-refractivity contribution in [3.63, 3.8) is 0 Å². The van der Waals surface area contributed by atoms with Crippen molar-refractivity contribution in [2.45, 2.75) is 36.7 Å². The van der Waals surface area contributed by atoms with Gasteiger partial charge < -0.3 is 14.8 Å². The van der Waals surface area contributed by atoms with Gasteiger partial charge in [-0.2, -0.15) is 4.31 Å². The van der Waals surface area contributed by atoms with E-state index in [4.69, 9.17) is 9.47 Å². The van der Waals surface area contributed by atoms with Crippen molar-refractivity contribution in [3.8, 4) is 11.4 Å². The van der Waals surface area contributed by atoms with Crippen LogP contribution in [0.2, 0.25) is 0 Å². The van der Waals surface area contributed by atoms with Gasteiger partial charge in [0.1, 0.15) is 11.6 Å². The van der Waals surface area contributed by atoms with E-state index in [1.165, 1.54) is 35.1 Å². The average molecular weight is 588 g/mol. The van der Waals surface area contributed by atoms with Gasteiger partial charge in [0, 0.05) is 44.2 Å². The Morgan fingerprint density at radius 1 is 1.05 bits per heavy atom. The third-order valence-electron chi connectivity index (χ3n) is 6.17. The molecule has 13 heteroatoms. The molecule has 0 atom stereocenters. The lowest BCUT2D eigenvalue weighted by atomic mass is 10.1. The fourth-order valence-electron chi connectivity index (χ4n) is 4.15. The summed E-state index contributed by atoms with van der Waals surface area (Å²) in [6.45, 7) is 5.83. The topological polar surface area (TPSA) is 133 Å². The number of carbonyl (C=O) groups is 2. The first-order valence-corrected chi connectivity index (χ1v) is 15.5. The van der Waals surface area contributed by atoms with Crippen LogP contribution in [0.3, 0.4) is 0 Å². The van der Waals surface area contributed by atoms with Gasteiger partial charge in [-0.3, -0.25) is 14.2 Å². The molecule has 3 aromatic rings. The third kappa shape index (κ3) is 7.47. The maximum atomic E-state index is 13.0. The van der Waals surface area contributed by atoms with E-state index in [1.807, 2.05) is 35.8 Å². The Kier molecular flexibility index (Phi) is 10.3. The summed E-state index contributed by atoms with van der Waals surface area (Å²) in [5.74, 6) is 1.30. The molecule has 0 spiro atoms. The van der Waals surface area contributed by atoms with Crippen molar-refractivity contribution < 1.29 is 27.5 Å². The molecular weight excluding hydrogens is 554 g/mol. The summed E-state index contributed by atoms with van der Waals surface area (Å²) in [6, 6.07) is 13.6. The summed E-state index contributed by atoms with van der Waals surface area (Å²) in [7, 11) is -3.63. The Morgan fingerprint density at radius 2 is 1.75 bits per heavy atom. The number of Topliss-reactive ketones (excluding diaryl/α,β-unsaturated/α-hetero) is 1. The number of hydrogen-bond acceptors (Lipinski definition) is 9. The Balaban J connectivity index is 1.47. The van der Waals surface area contributed by atoms with E-state index in [0.29, 0.717) is 68.8 Å². The lowest BCUT2D eigenvalue weighted by Gasteiger charge is -2.26. The summed E-state index contributed by atoms with van der Waals surface area (Å²) in [5.41, 5.74) is 1.24. The zero-order valence-electron chi connectivity index (χ0n) is 22.5. The number of hydrogen-bond donors (Lipinski definition) is 1. The predicted molar refractivity (Wildman–Crippen MR) is 151 cm³/mol. The van der Waals surface area contributed by atoms with Crippen LogP contribution in [-0.2, 0) is 26.0 Å². The summed E-state index contributed by atoms with van der Waals surface area (Å²) >= 11 is 1.26. The highest BCUT2D eigenvalue weighted by Gasteiger charge is 2.26. The molecule has 214 valence electrons. The smallest absolute Gasteiger partial charge is 0.243 e. The zero-order chi connectivity index (χ0) is 28.5. The summed E-state index contributed by atoms with van der Waals surface area (Å²) in [4.78, 5) is 24.4. The van der Waals surface area contributed by atoms with Gasteiger partial charge in [0.25, 0.3) is 0 Å². The van der Waals surface area contributed by atoms with Gasteiger partial charge in [0.15, 0.2) is 10.9 Å². The van der Waals surface area contributed by atoms with E-state index in [9.17, 15) is 18.0 Å². The number of rotatable bonds is 13. The van der Waals surface area contributed by atoms with E-state index in [0.717, 1.165) is 11.4 Å². The van der Waals surface area contributed by atoms with E-state index in [1.54, 1.807) is 12.1 Å². The zero-order valence-corrected chi connectivity index (χ0v) is 24.2. The van der Waals surface area contributed by atoms with Crippen molar-refractivity contribution in [1.82, 2.24) is 24.4 Å². The lowest BCUT2D eigenvalue weighted by molar-refractivity contribution is -0.118. The number of ketones is 1. The second-order valence-corrected chi connectivity index (χ2v) is 11.9. The molecule has 2 heterocycles. The van der Waals surface area contributed by atoms with Gasteiger partial charge in [-0.15, -0.1) is 10.2 Å². The number of benzene rings is 2. The second-order valence-electron chi connectivity index (χ2n) is 9.00. The first-order valence-electron chi connectivity index (χ1n) is 13.1. The molecule has 0 saturated carbocycles. The molecular formula is C27H33N5O6S2. The number of aromatic nitrogens is 3. The number of thioether (sulfide) groups is 1. The second kappa shape index (κ2) is 13.9. The van der Waals surface area contributed by atoms with Gasteiger partial charge in [-0.25, -0.2) is 8.42 Å². The van der Waals surface area contributed by atoms with Crippen LogP contribution >= 0.6 is 11.8 Å². The fourth-order valence-corrected chi connectivity index (χ4v) is 6.42. The normalized spacial score (nSPS) is 14.2. The summed E-state index contributed by atoms with van der Waals surface area (Å²) < 4.78 is 39.8. The van der Waals surface area contributed by atoms with Crippen LogP contribution in [0, 0.1) is 0 Å². The fraction of sp³-hybridized carbons (Fsp3) is 0.407. The minimum Gasteiger partial charge on any atom is -0.494 e. The summed E-state index contributed by atoms with van der Waals surface area (Å²) in [6.07, 6.45) is 1.26. The summed E-state index contributed by atoms with van der Waals surface area (Å²) in [5, 5.41) is 12.0. The van der Waals surface area contributed by atoms with Gasteiger partial charge in [0.05, 0.1) is 30.5 Å². The van der Waals surface area contributed by atoms with Crippen molar-refractivity contribution >= 4 is 33.5 Å². The molecule has 1 aromatic heterocycles. The highest BCUT2D eigenvalue weighted by Crippen LogP contribution is 2.26. The number of ether oxygens (including phenoxy) is 2. The number of amides is 1.